The molecule has 0 heterocycles. The number of nitrogens with zero attached hydrogens (tertiary/aromatic N) is 1. The fraction of sp³-hybridized carbons (Fsp3) is 0.611. The van der Waals surface area contributed by atoms with Crippen molar-refractivity contribution >= 4 is 15.9 Å². The lowest BCUT2D eigenvalue weighted by Crippen LogP contribution is -2.42. The summed E-state index contributed by atoms with van der Waals surface area (Å²) >= 11 is 0. The van der Waals surface area contributed by atoms with E-state index in [4.69, 9.17) is 0 Å². The second-order valence-electron chi connectivity index (χ2n) is 7.07. The van der Waals surface area contributed by atoms with Crippen molar-refractivity contribution in [1.82, 2.24) is 9.62 Å². The number of rotatable bonds is 7. The molecule has 1 rings (SSSR count). The highest BCUT2D eigenvalue weighted by Gasteiger charge is 2.29. The fourth-order valence-corrected chi connectivity index (χ4v) is 3.59. The summed E-state index contributed by atoms with van der Waals surface area (Å²) in [5.74, 6) is -0.348. The molecule has 2 N–H and O–H groups in total. The van der Waals surface area contributed by atoms with Crippen molar-refractivity contribution in [3.05, 3.63) is 28.8 Å². The van der Waals surface area contributed by atoms with Gasteiger partial charge in [-0.15, -0.1) is 0 Å². The Labute approximate surface area is 151 Å². The summed E-state index contributed by atoms with van der Waals surface area (Å²) in [6.45, 7) is 9.38. The predicted octanol–water partition coefficient (Wildman–Crippen LogP) is 2.08. The summed E-state index contributed by atoms with van der Waals surface area (Å²) in [4.78, 5) is 12.7. The summed E-state index contributed by atoms with van der Waals surface area (Å²) < 4.78 is 26.1. The molecule has 6 nitrogen and oxygen atoms in total. The third kappa shape index (κ3) is 4.59. The molecule has 0 aliphatic heterocycles. The Hall–Kier alpha value is -1.44. The minimum absolute atomic E-state index is 0.136. The molecule has 0 saturated carbocycles. The molecule has 0 unspecified atom stereocenters. The van der Waals surface area contributed by atoms with Crippen LogP contribution in [0, 0.1) is 19.3 Å². The first-order chi connectivity index (χ1) is 11.4. The van der Waals surface area contributed by atoms with E-state index in [0.717, 1.165) is 9.87 Å². The van der Waals surface area contributed by atoms with E-state index in [9.17, 15) is 18.3 Å². The maximum atomic E-state index is 12.5. The van der Waals surface area contributed by atoms with Crippen LogP contribution in [-0.4, -0.2) is 50.5 Å². The van der Waals surface area contributed by atoms with Crippen LogP contribution in [0.1, 0.15) is 48.7 Å². The number of aliphatic hydroxyl groups is 1. The van der Waals surface area contributed by atoms with Crippen LogP contribution in [0.2, 0.25) is 0 Å². The van der Waals surface area contributed by atoms with Gasteiger partial charge in [-0.3, -0.25) is 4.79 Å². The highest BCUT2D eigenvalue weighted by atomic mass is 32.2. The molecule has 1 amide bonds. The molecule has 2 atom stereocenters. The Bertz CT molecular complexity index is 742. The van der Waals surface area contributed by atoms with Gasteiger partial charge in [0.15, 0.2) is 0 Å². The standard InChI is InChI=1S/C18H30N2O4S/c1-8-18(5,14(4)21)11-19-17(22)15-9-12(2)13(3)16(10-15)25(23,24)20(6)7/h9-10,14,21H,8,11H2,1-7H3,(H,19,22)/t14-,18+/m0/s1. The molecule has 0 aromatic heterocycles. The molecule has 0 aliphatic rings. The lowest BCUT2D eigenvalue weighted by Gasteiger charge is -2.31. The number of aryl methyl sites for hydroxylation is 1. The normalized spacial score (nSPS) is 15.7. The number of nitrogens with one attached hydrogen (secondary N) is 1. The molecule has 0 spiro atoms. The van der Waals surface area contributed by atoms with Crippen LogP contribution < -0.4 is 5.32 Å². The summed E-state index contributed by atoms with van der Waals surface area (Å²) in [6, 6.07) is 3.10. The van der Waals surface area contributed by atoms with Crippen molar-refractivity contribution in [2.45, 2.75) is 52.0 Å². The summed E-state index contributed by atoms with van der Waals surface area (Å²) in [5.41, 5.74) is 1.23. The van der Waals surface area contributed by atoms with Crippen molar-refractivity contribution in [2.24, 2.45) is 5.41 Å². The molecule has 25 heavy (non-hydrogen) atoms. The average Bonchev–Trinajstić information content (AvgIpc) is 2.53. The number of carbonyl (C=O) groups excluding carboxylic acids is 1. The van der Waals surface area contributed by atoms with Crippen molar-refractivity contribution in [1.29, 1.82) is 0 Å². The number of benzene rings is 1. The summed E-state index contributed by atoms with van der Waals surface area (Å²) in [7, 11) is -0.705. The van der Waals surface area contributed by atoms with E-state index in [0.29, 0.717) is 24.1 Å². The Morgan fingerprint density at radius 3 is 2.32 bits per heavy atom. The SMILES string of the molecule is CC[C@](C)(CNC(=O)c1cc(C)c(C)c(S(=O)(=O)N(C)C)c1)[C@H](C)O. The summed E-state index contributed by atoms with van der Waals surface area (Å²) in [6.07, 6.45) is 0.139. The maximum absolute atomic E-state index is 12.5. The Kier molecular flexibility index (Phi) is 6.78. The number of hydrogen-bond acceptors (Lipinski definition) is 4. The average molecular weight is 371 g/mol. The first kappa shape index (κ1) is 21.6. The minimum Gasteiger partial charge on any atom is -0.393 e. The number of sulfonamides is 1. The molecule has 0 radical (unpaired) electrons. The molecule has 0 saturated heterocycles. The van der Waals surface area contributed by atoms with E-state index < -0.39 is 21.5 Å². The third-order valence-electron chi connectivity index (χ3n) is 5.11. The van der Waals surface area contributed by atoms with Crippen LogP contribution in [0.15, 0.2) is 17.0 Å². The van der Waals surface area contributed by atoms with Crippen LogP contribution >= 0.6 is 0 Å². The van der Waals surface area contributed by atoms with Gasteiger partial charge in [0.2, 0.25) is 10.0 Å². The van der Waals surface area contributed by atoms with Crippen molar-refractivity contribution in [3.63, 3.8) is 0 Å². The monoisotopic (exact) mass is 370 g/mol. The van der Waals surface area contributed by atoms with Crippen molar-refractivity contribution < 1.29 is 18.3 Å². The fourth-order valence-electron chi connectivity index (χ4n) is 2.38. The van der Waals surface area contributed by atoms with E-state index in [-0.39, 0.29) is 10.8 Å². The smallest absolute Gasteiger partial charge is 0.251 e. The Morgan fingerprint density at radius 1 is 1.32 bits per heavy atom. The molecule has 0 aliphatic carbocycles. The largest absolute Gasteiger partial charge is 0.393 e. The molecule has 0 fully saturated rings. The van der Waals surface area contributed by atoms with Crippen LogP contribution in [-0.2, 0) is 10.0 Å². The minimum atomic E-state index is -3.63. The first-order valence-corrected chi connectivity index (χ1v) is 9.81. The van der Waals surface area contributed by atoms with Gasteiger partial charge in [0.05, 0.1) is 11.0 Å². The van der Waals surface area contributed by atoms with Gasteiger partial charge in [-0.25, -0.2) is 12.7 Å². The van der Waals surface area contributed by atoms with Gasteiger partial charge in [-0.05, 0) is 50.5 Å². The van der Waals surface area contributed by atoms with Crippen LogP contribution in [0.25, 0.3) is 0 Å². The van der Waals surface area contributed by atoms with Crippen molar-refractivity contribution in [2.75, 3.05) is 20.6 Å². The van der Waals surface area contributed by atoms with Gasteiger partial charge in [0.1, 0.15) is 0 Å². The summed E-state index contributed by atoms with van der Waals surface area (Å²) in [5, 5.41) is 12.7. The lowest BCUT2D eigenvalue weighted by molar-refractivity contribution is 0.0473. The van der Waals surface area contributed by atoms with Gasteiger partial charge in [0, 0.05) is 31.6 Å². The zero-order chi connectivity index (χ0) is 19.6. The second-order valence-corrected chi connectivity index (χ2v) is 9.19. The highest BCUT2D eigenvalue weighted by molar-refractivity contribution is 7.89. The van der Waals surface area contributed by atoms with Gasteiger partial charge >= 0.3 is 0 Å². The van der Waals surface area contributed by atoms with Gasteiger partial charge in [0.25, 0.3) is 5.91 Å². The number of amides is 1. The van der Waals surface area contributed by atoms with Crippen LogP contribution in [0.4, 0.5) is 0 Å². The van der Waals surface area contributed by atoms with E-state index in [1.165, 1.54) is 20.2 Å². The molecule has 142 valence electrons. The van der Waals surface area contributed by atoms with Gasteiger partial charge < -0.3 is 10.4 Å². The topological polar surface area (TPSA) is 86.7 Å². The Balaban J connectivity index is 3.19. The first-order valence-electron chi connectivity index (χ1n) is 8.37. The van der Waals surface area contributed by atoms with Gasteiger partial charge in [-0.2, -0.15) is 0 Å². The zero-order valence-corrected chi connectivity index (χ0v) is 17.0. The van der Waals surface area contributed by atoms with Crippen LogP contribution in [0.3, 0.4) is 0 Å². The second kappa shape index (κ2) is 7.85. The number of carbonyl (C=O) groups is 1. The molecular weight excluding hydrogens is 340 g/mol. The van der Waals surface area contributed by atoms with Gasteiger partial charge in [-0.1, -0.05) is 13.8 Å². The molecule has 1 aromatic rings. The van der Waals surface area contributed by atoms with E-state index in [2.05, 4.69) is 5.32 Å². The van der Waals surface area contributed by atoms with Crippen LogP contribution in [0.5, 0.6) is 0 Å². The molecule has 1 aromatic carbocycles. The Morgan fingerprint density at radius 2 is 1.88 bits per heavy atom. The van der Waals surface area contributed by atoms with E-state index >= 15 is 0 Å². The predicted molar refractivity (Wildman–Crippen MR) is 99.2 cm³/mol. The maximum Gasteiger partial charge on any atom is 0.251 e. The third-order valence-corrected chi connectivity index (χ3v) is 7.05. The van der Waals surface area contributed by atoms with Crippen molar-refractivity contribution in [3.8, 4) is 0 Å². The molecule has 7 heteroatoms. The highest BCUT2D eigenvalue weighted by Crippen LogP contribution is 2.26. The van der Waals surface area contributed by atoms with E-state index in [1.807, 2.05) is 13.8 Å². The van der Waals surface area contributed by atoms with E-state index in [1.54, 1.807) is 26.8 Å². The zero-order valence-electron chi connectivity index (χ0n) is 16.2. The quantitative estimate of drug-likeness (QED) is 0.769. The molecule has 0 bridgehead atoms. The number of hydrogen-bond donors (Lipinski definition) is 2. The number of aliphatic hydroxyl groups excluding tert-OH is 1. The lowest BCUT2D eigenvalue weighted by atomic mass is 9.82. The molecular formula is C18H30N2O4S.